The van der Waals surface area contributed by atoms with Crippen LogP contribution in [0.4, 0.5) is 10.5 Å². The van der Waals surface area contributed by atoms with E-state index < -0.39 is 45.6 Å². The largest absolute Gasteiger partial charge is 0.507 e. The Balaban J connectivity index is 1.34. The van der Waals surface area contributed by atoms with Gasteiger partial charge in [-0.15, -0.1) is 0 Å². The molecule has 2 atom stereocenters. The molecule has 0 spiro atoms. The van der Waals surface area contributed by atoms with Crippen LogP contribution in [0.15, 0.2) is 79.0 Å². The van der Waals surface area contributed by atoms with Crippen molar-refractivity contribution in [1.82, 2.24) is 20.0 Å². The maximum Gasteiger partial charge on any atom is 0.405 e. The molecule has 4 N–H and O–H groups in total. The summed E-state index contributed by atoms with van der Waals surface area (Å²) in [6, 6.07) is 17.2. The van der Waals surface area contributed by atoms with Crippen LogP contribution in [0.2, 0.25) is 0 Å². The van der Waals surface area contributed by atoms with Crippen molar-refractivity contribution in [3.05, 3.63) is 101 Å². The second-order valence-corrected chi connectivity index (χ2v) is 13.1. The number of carbonyl (C=O) groups excluding carboxylic acids is 2. The van der Waals surface area contributed by atoms with Crippen molar-refractivity contribution >= 4 is 33.4 Å². The fourth-order valence-corrected chi connectivity index (χ4v) is 6.58. The zero-order valence-electron chi connectivity index (χ0n) is 25.0. The molecule has 236 valence electrons. The van der Waals surface area contributed by atoms with Gasteiger partial charge in [-0.1, -0.05) is 53.8 Å². The Morgan fingerprint density at radius 2 is 1.74 bits per heavy atom. The minimum Gasteiger partial charge on any atom is -0.507 e. The highest BCUT2D eigenvalue weighted by Crippen LogP contribution is 2.31. The Labute approximate surface area is 265 Å². The predicted octanol–water partition coefficient (Wildman–Crippen LogP) is 3.07. The molecule has 1 saturated heterocycles. The molecule has 46 heavy (non-hydrogen) atoms. The number of benzene rings is 3. The average Bonchev–Trinajstić information content (AvgIpc) is 3.40. The summed E-state index contributed by atoms with van der Waals surface area (Å²) in [4.78, 5) is 39.6. The minimum atomic E-state index is -3.65. The van der Waals surface area contributed by atoms with E-state index in [1.807, 2.05) is 13.0 Å². The third kappa shape index (κ3) is 7.36. The van der Waals surface area contributed by atoms with Crippen molar-refractivity contribution in [2.24, 2.45) is 7.05 Å². The molecule has 0 radical (unpaired) electrons. The van der Waals surface area contributed by atoms with Gasteiger partial charge in [0.15, 0.2) is 9.84 Å². The lowest BCUT2D eigenvalue weighted by atomic mass is 10.0. The predicted molar refractivity (Wildman–Crippen MR) is 171 cm³/mol. The molecule has 1 aliphatic rings. The molecule has 1 unspecified atom stereocenters. The van der Waals surface area contributed by atoms with E-state index >= 15 is 0 Å². The summed E-state index contributed by atoms with van der Waals surface area (Å²) < 4.78 is 26.7. The van der Waals surface area contributed by atoms with Gasteiger partial charge in [0.05, 0.1) is 17.1 Å². The van der Waals surface area contributed by atoms with E-state index in [1.54, 1.807) is 84.7 Å². The van der Waals surface area contributed by atoms with Gasteiger partial charge in [0.2, 0.25) is 5.91 Å². The first-order chi connectivity index (χ1) is 21.9. The standard InChI is InChI=1S/C33H31N5O7S/c1-21-8-15-28(39)26(18-21)29-24(19-37(2)36-29)12-9-22-10-13-25(14-11-22)34-31(40)27-20-46(44,45)17-16-38(27)32(41)30(35-33(42)43)23-6-4-3-5-7-23/h3-8,10-11,13-15,18-19,27,30,35,39H,16-17,20H2,1-2H3,(H,34,40)(H,42,43)/t27-,30?/m0/s1. The Hall–Kier alpha value is -5.61. The van der Waals surface area contributed by atoms with Gasteiger partial charge in [-0.2, -0.15) is 5.10 Å². The van der Waals surface area contributed by atoms with E-state index in [4.69, 9.17) is 0 Å². The van der Waals surface area contributed by atoms with E-state index in [0.29, 0.717) is 33.6 Å². The quantitative estimate of drug-likeness (QED) is 0.233. The Kier molecular flexibility index (Phi) is 9.11. The number of nitrogens with zero attached hydrogens (tertiary/aromatic N) is 3. The number of phenols is 1. The summed E-state index contributed by atoms with van der Waals surface area (Å²) in [6.07, 6.45) is 0.308. The number of aromatic hydroxyl groups is 1. The zero-order valence-corrected chi connectivity index (χ0v) is 25.8. The minimum absolute atomic E-state index is 0.0900. The summed E-state index contributed by atoms with van der Waals surface area (Å²) in [5.74, 6) is 3.81. The molecular weight excluding hydrogens is 610 g/mol. The number of hydrogen-bond acceptors (Lipinski definition) is 7. The number of aromatic nitrogens is 2. The maximum absolute atomic E-state index is 13.6. The molecule has 3 amide bonds. The van der Waals surface area contributed by atoms with Gasteiger partial charge in [-0.3, -0.25) is 14.3 Å². The Morgan fingerprint density at radius 1 is 1.02 bits per heavy atom. The van der Waals surface area contributed by atoms with Crippen LogP contribution in [0.3, 0.4) is 0 Å². The van der Waals surface area contributed by atoms with Crippen LogP contribution in [0.25, 0.3) is 11.3 Å². The Morgan fingerprint density at radius 3 is 2.43 bits per heavy atom. The molecular formula is C33H31N5O7S. The molecule has 5 rings (SSSR count). The van der Waals surface area contributed by atoms with Gasteiger partial charge in [0.25, 0.3) is 5.91 Å². The average molecular weight is 642 g/mol. The lowest BCUT2D eigenvalue weighted by Crippen LogP contribution is -2.58. The number of carboxylic acid groups (broad SMARTS) is 1. The maximum atomic E-state index is 13.6. The van der Waals surface area contributed by atoms with Gasteiger partial charge in [-0.25, -0.2) is 13.2 Å². The molecule has 13 heteroatoms. The van der Waals surface area contributed by atoms with Crippen molar-refractivity contribution in [2.45, 2.75) is 19.0 Å². The number of anilines is 1. The number of nitrogens with one attached hydrogen (secondary N) is 2. The summed E-state index contributed by atoms with van der Waals surface area (Å²) >= 11 is 0. The molecule has 1 aliphatic heterocycles. The van der Waals surface area contributed by atoms with Crippen molar-refractivity contribution in [1.29, 1.82) is 0 Å². The normalized spacial score (nSPS) is 16.0. The number of amides is 3. The SMILES string of the molecule is Cc1ccc(O)c(-c2nn(C)cc2C#Cc2ccc(NC(=O)[C@@H]3CS(=O)(=O)CCN3C(=O)C(NC(=O)O)c3ccccc3)cc2)c1. The monoisotopic (exact) mass is 641 g/mol. The highest BCUT2D eigenvalue weighted by molar-refractivity contribution is 7.91. The van der Waals surface area contributed by atoms with Gasteiger partial charge in [-0.05, 0) is 48.9 Å². The fraction of sp³-hybridized carbons (Fsp3) is 0.212. The second kappa shape index (κ2) is 13.2. The second-order valence-electron chi connectivity index (χ2n) is 10.9. The number of phenolic OH excluding ortho intramolecular Hbond substituents is 1. The first kappa shape index (κ1) is 31.8. The molecule has 1 fully saturated rings. The summed E-state index contributed by atoms with van der Waals surface area (Å²) in [7, 11) is -1.89. The number of aryl methyl sites for hydroxylation is 2. The van der Waals surface area contributed by atoms with E-state index in [9.17, 15) is 33.0 Å². The van der Waals surface area contributed by atoms with Crippen LogP contribution in [0.1, 0.15) is 28.3 Å². The molecule has 0 saturated carbocycles. The smallest absolute Gasteiger partial charge is 0.405 e. The number of rotatable bonds is 6. The number of sulfone groups is 1. The van der Waals surface area contributed by atoms with Crippen LogP contribution < -0.4 is 10.6 Å². The Bertz CT molecular complexity index is 1960. The van der Waals surface area contributed by atoms with Crippen molar-refractivity contribution in [3.63, 3.8) is 0 Å². The highest BCUT2D eigenvalue weighted by atomic mass is 32.2. The molecule has 4 aromatic rings. The summed E-state index contributed by atoms with van der Waals surface area (Å²) in [5.41, 5.74) is 3.98. The van der Waals surface area contributed by atoms with Crippen molar-refractivity contribution in [3.8, 4) is 28.8 Å². The summed E-state index contributed by atoms with van der Waals surface area (Å²) in [6.45, 7) is 1.65. The van der Waals surface area contributed by atoms with Gasteiger partial charge >= 0.3 is 6.09 Å². The highest BCUT2D eigenvalue weighted by Gasteiger charge is 2.41. The van der Waals surface area contributed by atoms with Crippen LogP contribution in [-0.4, -0.2) is 75.3 Å². The molecule has 0 bridgehead atoms. The van der Waals surface area contributed by atoms with Gasteiger partial charge < -0.3 is 25.7 Å². The lowest BCUT2D eigenvalue weighted by molar-refractivity contribution is -0.139. The van der Waals surface area contributed by atoms with Gasteiger partial charge in [0, 0.05) is 36.6 Å². The molecule has 1 aromatic heterocycles. The van der Waals surface area contributed by atoms with Crippen LogP contribution in [0, 0.1) is 18.8 Å². The number of carbonyl (C=O) groups is 3. The molecule has 12 nitrogen and oxygen atoms in total. The van der Waals surface area contributed by atoms with Crippen molar-refractivity contribution in [2.75, 3.05) is 23.4 Å². The molecule has 2 heterocycles. The lowest BCUT2D eigenvalue weighted by Gasteiger charge is -2.36. The van der Waals surface area contributed by atoms with E-state index in [-0.39, 0.29) is 18.0 Å². The number of hydrogen-bond donors (Lipinski definition) is 4. The third-order valence-corrected chi connectivity index (χ3v) is 9.02. The molecule has 3 aromatic carbocycles. The van der Waals surface area contributed by atoms with E-state index in [0.717, 1.165) is 10.5 Å². The first-order valence-electron chi connectivity index (χ1n) is 14.2. The zero-order chi connectivity index (χ0) is 33.0. The molecule has 0 aliphatic carbocycles. The first-order valence-corrected chi connectivity index (χ1v) is 16.0. The van der Waals surface area contributed by atoms with Crippen LogP contribution in [0.5, 0.6) is 5.75 Å². The third-order valence-electron chi connectivity index (χ3n) is 7.39. The topological polar surface area (TPSA) is 171 Å². The van der Waals surface area contributed by atoms with E-state index in [2.05, 4.69) is 27.6 Å². The van der Waals surface area contributed by atoms with Crippen LogP contribution >= 0.6 is 0 Å². The van der Waals surface area contributed by atoms with E-state index in [1.165, 1.54) is 0 Å². The van der Waals surface area contributed by atoms with Crippen molar-refractivity contribution < 1.29 is 33.0 Å². The van der Waals surface area contributed by atoms with Crippen LogP contribution in [-0.2, 0) is 26.5 Å². The van der Waals surface area contributed by atoms with Gasteiger partial charge in [0.1, 0.15) is 23.5 Å². The summed E-state index contributed by atoms with van der Waals surface area (Å²) in [5, 5.41) is 29.1. The fourth-order valence-electron chi connectivity index (χ4n) is 5.13.